The molecule has 102 valence electrons. The van der Waals surface area contributed by atoms with Gasteiger partial charge < -0.3 is 9.84 Å². The fourth-order valence-corrected chi connectivity index (χ4v) is 2.64. The largest absolute Gasteiger partial charge is 0.493 e. The van der Waals surface area contributed by atoms with Gasteiger partial charge in [-0.15, -0.1) is 0 Å². The Morgan fingerprint density at radius 3 is 2.85 bits per heavy atom. The van der Waals surface area contributed by atoms with E-state index >= 15 is 0 Å². The summed E-state index contributed by atoms with van der Waals surface area (Å²) in [6.07, 6.45) is 1.93. The fraction of sp³-hybridized carbons (Fsp3) is 0.188. The summed E-state index contributed by atoms with van der Waals surface area (Å²) in [5, 5.41) is 9.82. The van der Waals surface area contributed by atoms with E-state index in [9.17, 15) is 9.90 Å². The lowest BCUT2D eigenvalue weighted by atomic mass is 9.96. The average molecular weight is 289 g/mol. The number of aryl methyl sites for hydroxylation is 1. The Labute approximate surface area is 121 Å². The second kappa shape index (κ2) is 5.17. The number of carboxylic acid groups (broad SMARTS) is 1. The zero-order valence-corrected chi connectivity index (χ0v) is 11.5. The number of benzene rings is 2. The van der Waals surface area contributed by atoms with E-state index in [-0.39, 0.29) is 5.56 Å². The van der Waals surface area contributed by atoms with Crippen molar-refractivity contribution in [3.8, 4) is 16.9 Å². The van der Waals surface area contributed by atoms with E-state index < -0.39 is 5.97 Å². The molecule has 3 rings (SSSR count). The van der Waals surface area contributed by atoms with E-state index in [4.69, 9.17) is 16.3 Å². The van der Waals surface area contributed by atoms with Crippen LogP contribution in [0.1, 0.15) is 22.3 Å². The average Bonchev–Trinajstić information content (AvgIpc) is 2.46. The molecule has 0 atom stereocenters. The van der Waals surface area contributed by atoms with Crippen molar-refractivity contribution in [3.63, 3.8) is 0 Å². The highest BCUT2D eigenvalue weighted by Crippen LogP contribution is 2.33. The lowest BCUT2D eigenvalue weighted by Crippen LogP contribution is -2.08. The highest BCUT2D eigenvalue weighted by atomic mass is 35.5. The van der Waals surface area contributed by atoms with Crippen LogP contribution in [-0.4, -0.2) is 17.7 Å². The van der Waals surface area contributed by atoms with Gasteiger partial charge in [-0.2, -0.15) is 0 Å². The van der Waals surface area contributed by atoms with Crippen molar-refractivity contribution < 1.29 is 14.6 Å². The maximum Gasteiger partial charge on any atom is 0.336 e. The number of fused-ring (bicyclic) bond motifs is 1. The number of hydrogen-bond acceptors (Lipinski definition) is 2. The van der Waals surface area contributed by atoms with Crippen LogP contribution >= 0.6 is 11.6 Å². The van der Waals surface area contributed by atoms with Gasteiger partial charge in [-0.05, 0) is 59.9 Å². The van der Waals surface area contributed by atoms with Crippen LogP contribution in [0.3, 0.4) is 0 Å². The van der Waals surface area contributed by atoms with Crippen LogP contribution in [-0.2, 0) is 6.42 Å². The minimum Gasteiger partial charge on any atom is -0.493 e. The van der Waals surface area contributed by atoms with Crippen molar-refractivity contribution in [3.05, 3.63) is 52.5 Å². The van der Waals surface area contributed by atoms with Gasteiger partial charge in [0.2, 0.25) is 0 Å². The van der Waals surface area contributed by atoms with Crippen LogP contribution < -0.4 is 4.74 Å². The third-order valence-corrected chi connectivity index (χ3v) is 3.67. The SMILES string of the molecule is O=C(O)c1ccc(Cl)cc1-c1ccc2c(c1)CCCO2. The van der Waals surface area contributed by atoms with Crippen molar-refractivity contribution in [2.75, 3.05) is 6.61 Å². The summed E-state index contributed by atoms with van der Waals surface area (Å²) in [7, 11) is 0. The fourth-order valence-electron chi connectivity index (χ4n) is 2.47. The Morgan fingerprint density at radius 2 is 2.05 bits per heavy atom. The molecule has 0 aliphatic carbocycles. The highest BCUT2D eigenvalue weighted by molar-refractivity contribution is 6.31. The van der Waals surface area contributed by atoms with E-state index in [0.29, 0.717) is 10.6 Å². The highest BCUT2D eigenvalue weighted by Gasteiger charge is 2.15. The van der Waals surface area contributed by atoms with Gasteiger partial charge in [-0.3, -0.25) is 0 Å². The summed E-state index contributed by atoms with van der Waals surface area (Å²) in [4.78, 5) is 11.3. The van der Waals surface area contributed by atoms with Gasteiger partial charge in [0.15, 0.2) is 0 Å². The van der Waals surface area contributed by atoms with Gasteiger partial charge in [0.05, 0.1) is 12.2 Å². The second-order valence-corrected chi connectivity index (χ2v) is 5.21. The first-order valence-corrected chi connectivity index (χ1v) is 6.82. The van der Waals surface area contributed by atoms with Gasteiger partial charge in [0.25, 0.3) is 0 Å². The van der Waals surface area contributed by atoms with E-state index in [0.717, 1.165) is 36.3 Å². The maximum absolute atomic E-state index is 11.3. The molecule has 1 N–H and O–H groups in total. The number of carboxylic acids is 1. The topological polar surface area (TPSA) is 46.5 Å². The van der Waals surface area contributed by atoms with Gasteiger partial charge in [-0.25, -0.2) is 4.79 Å². The van der Waals surface area contributed by atoms with Crippen LogP contribution in [0.2, 0.25) is 5.02 Å². The minimum absolute atomic E-state index is 0.256. The molecule has 4 heteroatoms. The molecule has 2 aromatic rings. The predicted molar refractivity (Wildman–Crippen MR) is 77.7 cm³/mol. The molecule has 0 aromatic heterocycles. The summed E-state index contributed by atoms with van der Waals surface area (Å²) in [5.74, 6) is -0.0652. The molecular weight excluding hydrogens is 276 g/mol. The van der Waals surface area contributed by atoms with Gasteiger partial charge in [0.1, 0.15) is 5.75 Å². The molecule has 1 aliphatic heterocycles. The molecule has 0 unspecified atom stereocenters. The maximum atomic E-state index is 11.3. The summed E-state index contributed by atoms with van der Waals surface area (Å²) < 4.78 is 5.57. The molecule has 0 saturated heterocycles. The van der Waals surface area contributed by atoms with E-state index in [1.54, 1.807) is 12.1 Å². The molecule has 1 heterocycles. The van der Waals surface area contributed by atoms with Crippen molar-refractivity contribution in [1.82, 2.24) is 0 Å². The predicted octanol–water partition coefficient (Wildman–Crippen LogP) is 4.03. The van der Waals surface area contributed by atoms with Crippen LogP contribution in [0.25, 0.3) is 11.1 Å². The lowest BCUT2D eigenvalue weighted by Gasteiger charge is -2.18. The third-order valence-electron chi connectivity index (χ3n) is 3.43. The summed E-state index contributed by atoms with van der Waals surface area (Å²) in [6, 6.07) is 10.6. The quantitative estimate of drug-likeness (QED) is 0.907. The normalized spacial score (nSPS) is 13.4. The molecule has 2 aromatic carbocycles. The minimum atomic E-state index is -0.953. The zero-order chi connectivity index (χ0) is 14.1. The molecule has 0 spiro atoms. The summed E-state index contributed by atoms with van der Waals surface area (Å²) in [6.45, 7) is 0.740. The molecule has 20 heavy (non-hydrogen) atoms. The Hall–Kier alpha value is -2.00. The summed E-state index contributed by atoms with van der Waals surface area (Å²) >= 11 is 6.00. The number of rotatable bonds is 2. The van der Waals surface area contributed by atoms with E-state index in [1.165, 1.54) is 6.07 Å². The standard InChI is InChI=1S/C16H13ClO3/c17-12-4-5-13(16(18)19)14(9-12)10-3-6-15-11(8-10)2-1-7-20-15/h3-6,8-9H,1-2,7H2,(H,18,19). The van der Waals surface area contributed by atoms with Crippen molar-refractivity contribution in [2.24, 2.45) is 0 Å². The third kappa shape index (κ3) is 2.37. The van der Waals surface area contributed by atoms with E-state index in [1.807, 2.05) is 18.2 Å². The molecular formula is C16H13ClO3. The second-order valence-electron chi connectivity index (χ2n) is 4.77. The Balaban J connectivity index is 2.13. The smallest absolute Gasteiger partial charge is 0.336 e. The Bertz CT molecular complexity index is 679. The van der Waals surface area contributed by atoms with Crippen LogP contribution in [0.4, 0.5) is 0 Å². The molecule has 0 fully saturated rings. The monoisotopic (exact) mass is 288 g/mol. The van der Waals surface area contributed by atoms with Crippen LogP contribution in [0.15, 0.2) is 36.4 Å². The Morgan fingerprint density at radius 1 is 1.20 bits per heavy atom. The molecule has 3 nitrogen and oxygen atoms in total. The van der Waals surface area contributed by atoms with Crippen molar-refractivity contribution in [2.45, 2.75) is 12.8 Å². The number of ether oxygens (including phenoxy) is 1. The summed E-state index contributed by atoms with van der Waals surface area (Å²) in [5.41, 5.74) is 2.86. The van der Waals surface area contributed by atoms with Gasteiger partial charge >= 0.3 is 5.97 Å². The molecule has 0 saturated carbocycles. The number of hydrogen-bond donors (Lipinski definition) is 1. The van der Waals surface area contributed by atoms with Gasteiger partial charge in [0, 0.05) is 5.02 Å². The first kappa shape index (κ1) is 13.0. The number of aromatic carboxylic acids is 1. The lowest BCUT2D eigenvalue weighted by molar-refractivity contribution is 0.0698. The zero-order valence-electron chi connectivity index (χ0n) is 10.7. The molecule has 0 amide bonds. The van der Waals surface area contributed by atoms with Gasteiger partial charge in [-0.1, -0.05) is 17.7 Å². The first-order chi connectivity index (χ1) is 9.65. The molecule has 0 bridgehead atoms. The molecule has 1 aliphatic rings. The van der Waals surface area contributed by atoms with Crippen molar-refractivity contribution in [1.29, 1.82) is 0 Å². The van der Waals surface area contributed by atoms with E-state index in [2.05, 4.69) is 0 Å². The Kier molecular flexibility index (Phi) is 3.36. The molecule has 0 radical (unpaired) electrons. The first-order valence-electron chi connectivity index (χ1n) is 6.44. The van der Waals surface area contributed by atoms with Crippen LogP contribution in [0, 0.1) is 0 Å². The van der Waals surface area contributed by atoms with Crippen molar-refractivity contribution >= 4 is 17.6 Å². The number of carbonyl (C=O) groups is 1. The van der Waals surface area contributed by atoms with Crippen LogP contribution in [0.5, 0.6) is 5.75 Å². The number of halogens is 1.